The molecule has 0 radical (unpaired) electrons. The van der Waals surface area contributed by atoms with E-state index in [1.807, 2.05) is 48.5 Å². The van der Waals surface area contributed by atoms with Crippen molar-refractivity contribution in [1.82, 2.24) is 5.32 Å². The van der Waals surface area contributed by atoms with Crippen LogP contribution >= 0.6 is 0 Å². The molecule has 0 amide bonds. The van der Waals surface area contributed by atoms with Gasteiger partial charge in [-0.2, -0.15) is 0 Å². The molecule has 2 saturated heterocycles. The maximum Gasteiger partial charge on any atom is 0.231 e. The maximum absolute atomic E-state index is 10.9. The lowest BCUT2D eigenvalue weighted by Gasteiger charge is -2.38. The normalized spacial score (nSPS) is 31.1. The van der Waals surface area contributed by atoms with Gasteiger partial charge in [-0.05, 0) is 29.8 Å². The highest BCUT2D eigenvalue weighted by Crippen LogP contribution is 2.34. The Balaban J connectivity index is 1.28. The van der Waals surface area contributed by atoms with Gasteiger partial charge in [-0.15, -0.1) is 0 Å². The molecular formula is C20H21NO6. The Morgan fingerprint density at radius 1 is 1.07 bits per heavy atom. The summed E-state index contributed by atoms with van der Waals surface area (Å²) >= 11 is 0. The maximum atomic E-state index is 10.9. The molecule has 3 aliphatic rings. The van der Waals surface area contributed by atoms with Gasteiger partial charge >= 0.3 is 0 Å². The topological polar surface area (TPSA) is 78.4 Å². The van der Waals surface area contributed by atoms with E-state index in [0.29, 0.717) is 18.9 Å². The summed E-state index contributed by atoms with van der Waals surface area (Å²) in [4.78, 5) is 0. The predicted molar refractivity (Wildman–Crippen MR) is 94.7 cm³/mol. The second kappa shape index (κ2) is 7.01. The minimum atomic E-state index is -0.759. The van der Waals surface area contributed by atoms with Gasteiger partial charge in [-0.3, -0.25) is 0 Å². The Morgan fingerprint density at radius 3 is 2.81 bits per heavy atom. The van der Waals surface area contributed by atoms with Gasteiger partial charge in [-0.25, -0.2) is 0 Å². The summed E-state index contributed by atoms with van der Waals surface area (Å²) < 4.78 is 28.3. The standard InChI is InChI=1S/C20H21NO6/c22-18-17(21-9-12-6-7-14-15(8-12)25-11-24-14)16-10-23-20(27-16)19(18)26-13-4-2-1-3-5-13/h1-8,16-22H,9-11H2. The average molecular weight is 371 g/mol. The van der Waals surface area contributed by atoms with Crippen LogP contribution in [0.1, 0.15) is 5.56 Å². The first kappa shape index (κ1) is 16.8. The van der Waals surface area contributed by atoms with E-state index in [-0.39, 0.29) is 18.9 Å². The fourth-order valence-electron chi connectivity index (χ4n) is 3.71. The van der Waals surface area contributed by atoms with E-state index in [9.17, 15) is 5.11 Å². The molecule has 142 valence electrons. The minimum Gasteiger partial charge on any atom is -0.482 e. The molecule has 2 N–H and O–H groups in total. The second-order valence-electron chi connectivity index (χ2n) is 6.86. The zero-order chi connectivity index (χ0) is 18.2. The number of nitrogens with one attached hydrogen (secondary N) is 1. The zero-order valence-electron chi connectivity index (χ0n) is 14.6. The molecule has 5 atom stereocenters. The first-order chi connectivity index (χ1) is 13.3. The number of rotatable bonds is 5. The number of para-hydroxylation sites is 1. The highest BCUT2D eigenvalue weighted by atomic mass is 16.7. The van der Waals surface area contributed by atoms with Crippen LogP contribution in [-0.2, 0) is 16.0 Å². The van der Waals surface area contributed by atoms with E-state index in [2.05, 4.69) is 5.32 Å². The third kappa shape index (κ3) is 3.23. The van der Waals surface area contributed by atoms with Crippen LogP contribution in [0.25, 0.3) is 0 Å². The van der Waals surface area contributed by atoms with Crippen molar-refractivity contribution in [2.45, 2.75) is 37.2 Å². The number of hydrogen-bond donors (Lipinski definition) is 2. The zero-order valence-corrected chi connectivity index (χ0v) is 14.6. The minimum absolute atomic E-state index is 0.213. The van der Waals surface area contributed by atoms with Crippen molar-refractivity contribution < 1.29 is 28.8 Å². The first-order valence-corrected chi connectivity index (χ1v) is 9.07. The van der Waals surface area contributed by atoms with Gasteiger partial charge in [0.2, 0.25) is 6.79 Å². The van der Waals surface area contributed by atoms with Crippen molar-refractivity contribution >= 4 is 0 Å². The number of benzene rings is 2. The monoisotopic (exact) mass is 371 g/mol. The number of fused-ring (bicyclic) bond motifs is 3. The summed E-state index contributed by atoms with van der Waals surface area (Å²) in [6.45, 7) is 1.23. The van der Waals surface area contributed by atoms with E-state index in [1.54, 1.807) is 0 Å². The van der Waals surface area contributed by atoms with Crippen molar-refractivity contribution in [3.8, 4) is 17.2 Å². The Kier molecular flexibility index (Phi) is 4.37. The molecular weight excluding hydrogens is 350 g/mol. The highest BCUT2D eigenvalue weighted by molar-refractivity contribution is 5.44. The summed E-state index contributed by atoms with van der Waals surface area (Å²) in [5, 5.41) is 14.3. The van der Waals surface area contributed by atoms with Crippen LogP contribution in [0.2, 0.25) is 0 Å². The lowest BCUT2D eigenvalue weighted by molar-refractivity contribution is -0.193. The van der Waals surface area contributed by atoms with Crippen LogP contribution < -0.4 is 19.5 Å². The molecule has 7 nitrogen and oxygen atoms in total. The molecule has 0 saturated carbocycles. The van der Waals surface area contributed by atoms with E-state index < -0.39 is 18.5 Å². The number of ether oxygens (including phenoxy) is 5. The molecule has 2 aromatic rings. The Hall–Kier alpha value is -2.32. The summed E-state index contributed by atoms with van der Waals surface area (Å²) in [5.74, 6) is 2.17. The predicted octanol–water partition coefficient (Wildman–Crippen LogP) is 1.44. The molecule has 3 aliphatic heterocycles. The highest BCUT2D eigenvalue weighted by Gasteiger charge is 2.51. The van der Waals surface area contributed by atoms with E-state index in [0.717, 1.165) is 17.1 Å². The molecule has 27 heavy (non-hydrogen) atoms. The quantitative estimate of drug-likeness (QED) is 0.823. The van der Waals surface area contributed by atoms with Gasteiger partial charge in [0, 0.05) is 6.54 Å². The van der Waals surface area contributed by atoms with Crippen molar-refractivity contribution in [2.75, 3.05) is 13.4 Å². The van der Waals surface area contributed by atoms with Gasteiger partial charge in [0.1, 0.15) is 18.0 Å². The summed E-state index contributed by atoms with van der Waals surface area (Å²) in [5.41, 5.74) is 1.04. The lowest BCUT2D eigenvalue weighted by atomic mass is 9.97. The summed E-state index contributed by atoms with van der Waals surface area (Å²) in [6.07, 6.45) is -2.13. The van der Waals surface area contributed by atoms with Gasteiger partial charge in [0.25, 0.3) is 0 Å². The van der Waals surface area contributed by atoms with Crippen molar-refractivity contribution in [1.29, 1.82) is 0 Å². The van der Waals surface area contributed by atoms with E-state index >= 15 is 0 Å². The molecule has 0 spiro atoms. The number of aliphatic hydroxyl groups excluding tert-OH is 1. The van der Waals surface area contributed by atoms with E-state index in [4.69, 9.17) is 23.7 Å². The molecule has 3 heterocycles. The summed E-state index contributed by atoms with van der Waals surface area (Å²) in [6, 6.07) is 14.9. The molecule has 5 rings (SSSR count). The molecule has 0 aromatic heterocycles. The van der Waals surface area contributed by atoms with Gasteiger partial charge < -0.3 is 34.1 Å². The Morgan fingerprint density at radius 2 is 1.93 bits per heavy atom. The molecule has 2 fully saturated rings. The van der Waals surface area contributed by atoms with Crippen LogP contribution in [0.15, 0.2) is 48.5 Å². The van der Waals surface area contributed by atoms with Gasteiger partial charge in [0.05, 0.1) is 12.6 Å². The smallest absolute Gasteiger partial charge is 0.231 e. The Labute approximate surface area is 156 Å². The van der Waals surface area contributed by atoms with Gasteiger partial charge in [0.15, 0.2) is 23.9 Å². The number of hydrogen-bond acceptors (Lipinski definition) is 7. The fourth-order valence-corrected chi connectivity index (χ4v) is 3.71. The number of aliphatic hydroxyl groups is 1. The third-order valence-electron chi connectivity index (χ3n) is 5.10. The fraction of sp³-hybridized carbons (Fsp3) is 0.400. The SMILES string of the molecule is OC1C(NCc2ccc3c(c2)OCO3)C2COC(O2)C1Oc1ccccc1. The average Bonchev–Trinajstić information content (AvgIpc) is 3.34. The Bertz CT molecular complexity index is 800. The van der Waals surface area contributed by atoms with Crippen molar-refractivity contribution in [3.05, 3.63) is 54.1 Å². The molecule has 2 bridgehead atoms. The van der Waals surface area contributed by atoms with Crippen molar-refractivity contribution in [3.63, 3.8) is 0 Å². The molecule has 2 aromatic carbocycles. The third-order valence-corrected chi connectivity index (χ3v) is 5.10. The molecule has 0 aliphatic carbocycles. The molecule has 5 unspecified atom stereocenters. The largest absolute Gasteiger partial charge is 0.482 e. The lowest BCUT2D eigenvalue weighted by Crippen LogP contribution is -2.61. The summed E-state index contributed by atoms with van der Waals surface area (Å²) in [7, 11) is 0. The van der Waals surface area contributed by atoms with Crippen LogP contribution in [0, 0.1) is 0 Å². The van der Waals surface area contributed by atoms with Crippen LogP contribution in [0.3, 0.4) is 0 Å². The van der Waals surface area contributed by atoms with E-state index in [1.165, 1.54) is 0 Å². The van der Waals surface area contributed by atoms with Crippen molar-refractivity contribution in [2.24, 2.45) is 0 Å². The second-order valence-corrected chi connectivity index (χ2v) is 6.86. The molecule has 7 heteroatoms. The van der Waals surface area contributed by atoms with Crippen LogP contribution in [-0.4, -0.2) is 49.2 Å². The van der Waals surface area contributed by atoms with Crippen LogP contribution in [0.4, 0.5) is 0 Å². The first-order valence-electron chi connectivity index (χ1n) is 9.07. The van der Waals surface area contributed by atoms with Crippen LogP contribution in [0.5, 0.6) is 17.2 Å². The van der Waals surface area contributed by atoms with Gasteiger partial charge in [-0.1, -0.05) is 24.3 Å².